The number of nitrogens with one attached hydrogen (secondary N) is 1. The lowest BCUT2D eigenvalue weighted by Gasteiger charge is -2.37. The van der Waals surface area contributed by atoms with Gasteiger partial charge in [-0.3, -0.25) is 4.79 Å². The quantitative estimate of drug-likeness (QED) is 0.0748. The highest BCUT2D eigenvalue weighted by molar-refractivity contribution is 8.01. The van der Waals surface area contributed by atoms with Crippen molar-refractivity contribution >= 4 is 40.0 Å². The molecule has 0 bridgehead atoms. The number of carbonyl (C=O) groups is 1. The van der Waals surface area contributed by atoms with Crippen molar-refractivity contribution in [1.82, 2.24) is 9.48 Å². The second kappa shape index (κ2) is 18.1. The molecule has 1 spiro atoms. The standard InChI is InChI=1S/C56H56N4O6S/c1-63-45-15-9-40(10-16-45)56(39-6-4-3-5-7-39,41-11-17-46(64-2)18-12-41)65-33-24-53(62)60-31-29-59(30-32-60)43-14-20-48-51(36-43)66-50-35-42(58-27-22-44(61)23-28-58)13-19-47(50)54(48)38-8-21-49-52(34-38)67-55(25-26-55)37-57-49/h3-21,34-36,44,61H,22-33,37H2,1-2H3/p+1. The van der Waals surface area contributed by atoms with E-state index < -0.39 is 5.60 Å². The maximum absolute atomic E-state index is 14.0. The normalized spacial score (nSPS) is 17.9. The number of amides is 1. The van der Waals surface area contributed by atoms with Crippen LogP contribution in [0.1, 0.15) is 48.8 Å². The molecular formula is C56H57N4O6S+. The molecule has 6 aliphatic rings. The molecule has 2 N–H and O–H groups in total. The maximum Gasteiger partial charge on any atom is 0.225 e. The van der Waals surface area contributed by atoms with Crippen LogP contribution in [-0.2, 0) is 15.1 Å². The molecule has 3 fully saturated rings. The van der Waals surface area contributed by atoms with Crippen LogP contribution < -0.4 is 29.6 Å². The highest BCUT2D eigenvalue weighted by atomic mass is 32.2. The highest BCUT2D eigenvalue weighted by Gasteiger charge is 2.46. The number of ether oxygens (including phenoxy) is 3. The van der Waals surface area contributed by atoms with Crippen molar-refractivity contribution in [2.75, 3.05) is 76.9 Å². The molecule has 1 saturated carbocycles. The van der Waals surface area contributed by atoms with Gasteiger partial charge >= 0.3 is 0 Å². The van der Waals surface area contributed by atoms with Crippen LogP contribution in [0.15, 0.2) is 143 Å². The molecule has 11 heteroatoms. The summed E-state index contributed by atoms with van der Waals surface area (Å²) in [6.45, 7) is 5.49. The number of aliphatic hydroxyl groups is 1. The van der Waals surface area contributed by atoms with E-state index in [0.717, 1.165) is 94.0 Å². The number of methoxy groups -OCH3 is 2. The summed E-state index contributed by atoms with van der Waals surface area (Å²) in [6, 6.07) is 46.2. The van der Waals surface area contributed by atoms with Gasteiger partial charge in [0.05, 0.1) is 39.4 Å². The van der Waals surface area contributed by atoms with Gasteiger partial charge in [0.25, 0.3) is 0 Å². The molecular weight excluding hydrogens is 857 g/mol. The van der Waals surface area contributed by atoms with E-state index in [0.29, 0.717) is 30.9 Å². The molecule has 67 heavy (non-hydrogen) atoms. The molecule has 4 heterocycles. The average molecular weight is 914 g/mol. The molecule has 2 saturated heterocycles. The minimum atomic E-state index is -0.987. The molecule has 1 amide bonds. The number of anilines is 2. The molecule has 0 unspecified atom stereocenters. The van der Waals surface area contributed by atoms with E-state index in [2.05, 4.69) is 81.5 Å². The Morgan fingerprint density at radius 2 is 1.49 bits per heavy atom. The lowest BCUT2D eigenvalue weighted by molar-refractivity contribution is -0.133. The van der Waals surface area contributed by atoms with E-state index >= 15 is 0 Å². The van der Waals surface area contributed by atoms with Crippen LogP contribution in [0, 0.1) is 0 Å². The van der Waals surface area contributed by atoms with Crippen LogP contribution in [0.4, 0.5) is 11.4 Å². The second-order valence-electron chi connectivity index (χ2n) is 18.4. The van der Waals surface area contributed by atoms with Crippen molar-refractivity contribution in [3.8, 4) is 33.9 Å². The number of fused-ring (bicyclic) bond motifs is 3. The third-order valence-corrected chi connectivity index (χ3v) is 15.9. The summed E-state index contributed by atoms with van der Waals surface area (Å²) in [7, 11) is 3.32. The molecule has 5 aromatic carbocycles. The predicted octanol–water partition coefficient (Wildman–Crippen LogP) is 9.25. The Kier molecular flexibility index (Phi) is 11.7. The number of aliphatic hydroxyl groups excluding tert-OH is 1. The molecule has 4 aliphatic heterocycles. The van der Waals surface area contributed by atoms with Crippen molar-refractivity contribution in [3.63, 3.8) is 0 Å². The highest BCUT2D eigenvalue weighted by Crippen LogP contribution is 2.56. The van der Waals surface area contributed by atoms with Crippen molar-refractivity contribution in [2.24, 2.45) is 0 Å². The topological polar surface area (TPSA) is 99.7 Å². The second-order valence-corrected chi connectivity index (χ2v) is 19.9. The maximum atomic E-state index is 14.0. The SMILES string of the molecule is COc1ccc(C(OCCC(=O)N2CCN(c3ccc4c(-c5ccc6c(c5)SC5(CC5)CN6)c5ccc(=[N+]6CCC(O)CC6)cc-5oc4c3)CC2)(c2ccccc2)c2ccc(OC)cc2)cc1. The van der Waals surface area contributed by atoms with Crippen LogP contribution in [0.5, 0.6) is 11.5 Å². The summed E-state index contributed by atoms with van der Waals surface area (Å²) >= 11 is 2.03. The van der Waals surface area contributed by atoms with Gasteiger partial charge in [0.1, 0.15) is 41.5 Å². The van der Waals surface area contributed by atoms with Gasteiger partial charge in [0.2, 0.25) is 11.3 Å². The first-order valence-electron chi connectivity index (χ1n) is 23.7. The summed E-state index contributed by atoms with van der Waals surface area (Å²) < 4.78 is 27.6. The number of rotatable bonds is 11. The van der Waals surface area contributed by atoms with Gasteiger partial charge < -0.3 is 38.9 Å². The Morgan fingerprint density at radius 3 is 2.16 bits per heavy atom. The zero-order valence-corrected chi connectivity index (χ0v) is 39.0. The zero-order valence-electron chi connectivity index (χ0n) is 38.2. The first-order chi connectivity index (χ1) is 32.8. The third-order valence-electron chi connectivity index (χ3n) is 14.3. The number of nitrogens with zero attached hydrogens (tertiary/aromatic N) is 3. The smallest absolute Gasteiger partial charge is 0.225 e. The van der Waals surface area contributed by atoms with Crippen LogP contribution in [0.3, 0.4) is 0 Å². The molecule has 2 aliphatic carbocycles. The van der Waals surface area contributed by atoms with E-state index in [1.807, 2.05) is 83.4 Å². The van der Waals surface area contributed by atoms with Crippen LogP contribution in [-0.4, -0.2) is 93.4 Å². The van der Waals surface area contributed by atoms with Crippen molar-refractivity contribution in [2.45, 2.75) is 53.5 Å². The lowest BCUT2D eigenvalue weighted by atomic mass is 9.80. The van der Waals surface area contributed by atoms with Crippen LogP contribution >= 0.6 is 11.8 Å². The number of hydrogen-bond donors (Lipinski definition) is 2. The average Bonchev–Trinajstić information content (AvgIpc) is 4.14. The van der Waals surface area contributed by atoms with Crippen LogP contribution in [0.2, 0.25) is 0 Å². The number of piperazine rings is 1. The Morgan fingerprint density at radius 1 is 0.806 bits per heavy atom. The molecule has 0 aromatic heterocycles. The Bertz CT molecular complexity index is 2900. The first kappa shape index (κ1) is 43.3. The van der Waals surface area contributed by atoms with E-state index in [1.54, 1.807) is 14.2 Å². The summed E-state index contributed by atoms with van der Waals surface area (Å²) in [4.78, 5) is 19.7. The van der Waals surface area contributed by atoms with Crippen molar-refractivity contribution in [3.05, 3.63) is 156 Å². The monoisotopic (exact) mass is 913 g/mol. The van der Waals surface area contributed by atoms with Gasteiger partial charge in [0, 0.05) is 95.2 Å². The fourth-order valence-electron chi connectivity index (χ4n) is 10.3. The number of carbonyl (C=O) groups excluding carboxylic acids is 1. The summed E-state index contributed by atoms with van der Waals surface area (Å²) in [6.07, 6.45) is 4.04. The number of thioether (sulfide) groups is 1. The third kappa shape index (κ3) is 8.42. The molecule has 5 aromatic rings. The number of benzene rings is 6. The number of piperidine rings is 1. The Labute approximate surface area is 396 Å². The Hall–Kier alpha value is -6.27. The van der Waals surface area contributed by atoms with Gasteiger partial charge in [-0.05, 0) is 89.7 Å². The predicted molar refractivity (Wildman–Crippen MR) is 267 cm³/mol. The van der Waals surface area contributed by atoms with Gasteiger partial charge in [-0.25, -0.2) is 4.58 Å². The molecule has 10 nitrogen and oxygen atoms in total. The Balaban J connectivity index is 0.845. The fraction of sp³-hybridized carbons (Fsp3) is 0.321. The summed E-state index contributed by atoms with van der Waals surface area (Å²) in [5, 5.41) is 16.1. The summed E-state index contributed by atoms with van der Waals surface area (Å²) in [5.41, 5.74) is 8.40. The number of hydrogen-bond acceptors (Lipinski definition) is 9. The van der Waals surface area contributed by atoms with E-state index in [1.165, 1.54) is 34.6 Å². The van der Waals surface area contributed by atoms with Gasteiger partial charge in [-0.15, -0.1) is 11.8 Å². The molecule has 11 rings (SSSR count). The van der Waals surface area contributed by atoms with E-state index in [-0.39, 0.29) is 25.0 Å². The molecule has 342 valence electrons. The van der Waals surface area contributed by atoms with Gasteiger partial charge in [0.15, 0.2) is 0 Å². The van der Waals surface area contributed by atoms with Gasteiger partial charge in [-0.2, -0.15) is 0 Å². The fourth-order valence-corrected chi connectivity index (χ4v) is 11.6. The van der Waals surface area contributed by atoms with Crippen molar-refractivity contribution in [1.29, 1.82) is 0 Å². The summed E-state index contributed by atoms with van der Waals surface area (Å²) in [5.74, 6) is 2.42. The van der Waals surface area contributed by atoms with Crippen molar-refractivity contribution < 1.29 is 28.5 Å². The minimum Gasteiger partial charge on any atom is -0.497 e. The lowest BCUT2D eigenvalue weighted by Crippen LogP contribution is -2.49. The molecule has 0 atom stereocenters. The first-order valence-corrected chi connectivity index (χ1v) is 24.5. The van der Waals surface area contributed by atoms with E-state index in [9.17, 15) is 9.90 Å². The molecule has 0 radical (unpaired) electrons. The minimum absolute atomic E-state index is 0.0701. The van der Waals surface area contributed by atoms with Gasteiger partial charge in [-0.1, -0.05) is 60.7 Å². The largest absolute Gasteiger partial charge is 0.497 e. The van der Waals surface area contributed by atoms with Crippen LogP contribution in [0.25, 0.3) is 33.4 Å². The van der Waals surface area contributed by atoms with E-state index in [4.69, 9.17) is 18.6 Å². The zero-order chi connectivity index (χ0) is 45.5.